The SMILES string of the molecule is Cc1ccc(S(=O)(=O)Nc2ccc(NC(=O)c3c(-c4ccccc4)noc3C)cc2)cc1. The Hall–Kier alpha value is -3.91. The molecule has 0 unspecified atom stereocenters. The van der Waals surface area contributed by atoms with Crippen molar-refractivity contribution in [2.24, 2.45) is 0 Å². The van der Waals surface area contributed by atoms with Crippen LogP contribution in [0.1, 0.15) is 21.7 Å². The van der Waals surface area contributed by atoms with Crippen LogP contribution >= 0.6 is 0 Å². The van der Waals surface area contributed by atoms with Crippen molar-refractivity contribution < 1.29 is 17.7 Å². The van der Waals surface area contributed by atoms with Crippen LogP contribution in [0, 0.1) is 13.8 Å². The molecule has 4 aromatic rings. The third-order valence-electron chi connectivity index (χ3n) is 4.86. The van der Waals surface area contributed by atoms with E-state index in [1.54, 1.807) is 55.5 Å². The molecule has 7 nitrogen and oxygen atoms in total. The Morgan fingerprint density at radius 2 is 1.47 bits per heavy atom. The predicted molar refractivity (Wildman–Crippen MR) is 123 cm³/mol. The molecule has 0 saturated heterocycles. The summed E-state index contributed by atoms with van der Waals surface area (Å²) >= 11 is 0. The Morgan fingerprint density at radius 1 is 0.844 bits per heavy atom. The van der Waals surface area contributed by atoms with Gasteiger partial charge >= 0.3 is 0 Å². The van der Waals surface area contributed by atoms with Gasteiger partial charge in [-0.15, -0.1) is 0 Å². The van der Waals surface area contributed by atoms with Crippen molar-refractivity contribution >= 4 is 27.3 Å². The highest BCUT2D eigenvalue weighted by molar-refractivity contribution is 7.92. The summed E-state index contributed by atoms with van der Waals surface area (Å²) in [6.07, 6.45) is 0. The molecule has 32 heavy (non-hydrogen) atoms. The summed E-state index contributed by atoms with van der Waals surface area (Å²) < 4.78 is 32.9. The van der Waals surface area contributed by atoms with Gasteiger partial charge < -0.3 is 9.84 Å². The second kappa shape index (κ2) is 8.68. The van der Waals surface area contributed by atoms with E-state index in [1.807, 2.05) is 37.3 Å². The fourth-order valence-electron chi connectivity index (χ4n) is 3.18. The quantitative estimate of drug-likeness (QED) is 0.433. The van der Waals surface area contributed by atoms with Crippen molar-refractivity contribution in [2.45, 2.75) is 18.7 Å². The lowest BCUT2D eigenvalue weighted by Crippen LogP contribution is -2.14. The summed E-state index contributed by atoms with van der Waals surface area (Å²) in [6.45, 7) is 3.57. The van der Waals surface area contributed by atoms with Gasteiger partial charge in [0.2, 0.25) is 0 Å². The molecule has 0 aliphatic carbocycles. The molecular formula is C24H21N3O4S. The molecule has 8 heteroatoms. The van der Waals surface area contributed by atoms with Gasteiger partial charge in [-0.05, 0) is 50.2 Å². The van der Waals surface area contributed by atoms with E-state index >= 15 is 0 Å². The fraction of sp³-hybridized carbons (Fsp3) is 0.0833. The van der Waals surface area contributed by atoms with Crippen LogP contribution in [0.3, 0.4) is 0 Å². The normalized spacial score (nSPS) is 11.2. The molecule has 0 aliphatic heterocycles. The number of nitrogens with zero attached hydrogens (tertiary/aromatic N) is 1. The van der Waals surface area contributed by atoms with Crippen LogP contribution in [0.15, 0.2) is 88.3 Å². The van der Waals surface area contributed by atoms with Gasteiger partial charge in [0.15, 0.2) is 0 Å². The van der Waals surface area contributed by atoms with E-state index in [0.717, 1.165) is 11.1 Å². The molecule has 0 fully saturated rings. The first-order chi connectivity index (χ1) is 15.3. The lowest BCUT2D eigenvalue weighted by atomic mass is 10.1. The van der Waals surface area contributed by atoms with Gasteiger partial charge in [0.25, 0.3) is 15.9 Å². The molecule has 0 aliphatic rings. The molecule has 0 bridgehead atoms. The maximum absolute atomic E-state index is 12.9. The molecule has 2 N–H and O–H groups in total. The van der Waals surface area contributed by atoms with Gasteiger partial charge in [-0.1, -0.05) is 53.2 Å². The lowest BCUT2D eigenvalue weighted by Gasteiger charge is -2.10. The highest BCUT2D eigenvalue weighted by Crippen LogP contribution is 2.26. The van der Waals surface area contributed by atoms with Crippen molar-refractivity contribution in [1.82, 2.24) is 5.16 Å². The van der Waals surface area contributed by atoms with Crippen LogP contribution in [0.5, 0.6) is 0 Å². The molecule has 3 aromatic carbocycles. The molecule has 0 radical (unpaired) electrons. The molecule has 4 rings (SSSR count). The number of nitrogens with one attached hydrogen (secondary N) is 2. The van der Waals surface area contributed by atoms with E-state index in [9.17, 15) is 13.2 Å². The fourth-order valence-corrected chi connectivity index (χ4v) is 4.24. The van der Waals surface area contributed by atoms with Crippen LogP contribution in [0.25, 0.3) is 11.3 Å². The molecule has 1 amide bonds. The maximum atomic E-state index is 12.9. The number of hydrogen-bond acceptors (Lipinski definition) is 5. The standard InChI is InChI=1S/C24H21N3O4S/c1-16-8-14-21(15-9-16)32(29,30)27-20-12-10-19(11-13-20)25-24(28)22-17(2)31-26-23(22)18-6-4-3-5-7-18/h3-15,27H,1-2H3,(H,25,28). The molecule has 1 heterocycles. The van der Waals surface area contributed by atoms with Gasteiger partial charge in [-0.2, -0.15) is 0 Å². The Bertz CT molecular complexity index is 1340. The van der Waals surface area contributed by atoms with Crippen molar-refractivity contribution in [3.63, 3.8) is 0 Å². The number of hydrogen-bond donors (Lipinski definition) is 2. The summed E-state index contributed by atoms with van der Waals surface area (Å²) in [4.78, 5) is 13.1. The zero-order valence-electron chi connectivity index (χ0n) is 17.5. The van der Waals surface area contributed by atoms with Crippen molar-refractivity contribution in [3.8, 4) is 11.3 Å². The zero-order valence-corrected chi connectivity index (χ0v) is 18.3. The number of amides is 1. The third-order valence-corrected chi connectivity index (χ3v) is 6.26. The van der Waals surface area contributed by atoms with E-state index in [1.165, 1.54) is 0 Å². The van der Waals surface area contributed by atoms with Gasteiger partial charge in [-0.3, -0.25) is 9.52 Å². The lowest BCUT2D eigenvalue weighted by molar-refractivity contribution is 0.102. The molecule has 0 saturated carbocycles. The first-order valence-corrected chi connectivity index (χ1v) is 11.3. The highest BCUT2D eigenvalue weighted by atomic mass is 32.2. The Morgan fingerprint density at radius 3 is 2.12 bits per heavy atom. The number of carbonyl (C=O) groups is 1. The highest BCUT2D eigenvalue weighted by Gasteiger charge is 2.21. The minimum Gasteiger partial charge on any atom is -0.360 e. The van der Waals surface area contributed by atoms with Gasteiger partial charge in [0.1, 0.15) is 17.0 Å². The topological polar surface area (TPSA) is 101 Å². The minimum absolute atomic E-state index is 0.178. The Kier molecular flexibility index (Phi) is 5.79. The zero-order chi connectivity index (χ0) is 22.7. The average molecular weight is 448 g/mol. The van der Waals surface area contributed by atoms with Crippen LogP contribution in [-0.4, -0.2) is 19.5 Å². The van der Waals surface area contributed by atoms with Gasteiger partial charge in [0.05, 0.1) is 4.90 Å². The first-order valence-electron chi connectivity index (χ1n) is 9.86. The molecule has 0 atom stereocenters. The number of sulfonamides is 1. The molecule has 162 valence electrons. The van der Waals surface area contributed by atoms with E-state index in [0.29, 0.717) is 28.4 Å². The van der Waals surface area contributed by atoms with Crippen LogP contribution in [-0.2, 0) is 10.0 Å². The summed E-state index contributed by atoms with van der Waals surface area (Å²) in [7, 11) is -3.70. The Balaban J connectivity index is 1.50. The van der Waals surface area contributed by atoms with E-state index in [4.69, 9.17) is 4.52 Å². The average Bonchev–Trinajstić information content (AvgIpc) is 3.17. The van der Waals surface area contributed by atoms with Gasteiger partial charge in [-0.25, -0.2) is 8.42 Å². The number of aryl methyl sites for hydroxylation is 2. The second-order valence-corrected chi connectivity index (χ2v) is 8.96. The van der Waals surface area contributed by atoms with Crippen LogP contribution in [0.2, 0.25) is 0 Å². The molecular weight excluding hydrogens is 426 g/mol. The van der Waals surface area contributed by atoms with Crippen molar-refractivity contribution in [1.29, 1.82) is 0 Å². The largest absolute Gasteiger partial charge is 0.360 e. The monoisotopic (exact) mass is 447 g/mol. The van der Waals surface area contributed by atoms with Crippen molar-refractivity contribution in [2.75, 3.05) is 10.0 Å². The smallest absolute Gasteiger partial charge is 0.261 e. The molecule has 0 spiro atoms. The van der Waals surface area contributed by atoms with Crippen molar-refractivity contribution in [3.05, 3.63) is 95.7 Å². The summed E-state index contributed by atoms with van der Waals surface area (Å²) in [6, 6.07) is 22.3. The van der Waals surface area contributed by atoms with Crippen LogP contribution < -0.4 is 10.0 Å². The minimum atomic E-state index is -3.70. The van der Waals surface area contributed by atoms with E-state index < -0.39 is 10.0 Å². The summed E-state index contributed by atoms with van der Waals surface area (Å²) in [5, 5.41) is 6.83. The third kappa shape index (κ3) is 4.55. The van der Waals surface area contributed by atoms with E-state index in [2.05, 4.69) is 15.2 Å². The number of carbonyl (C=O) groups excluding carboxylic acids is 1. The second-order valence-electron chi connectivity index (χ2n) is 7.28. The number of rotatable bonds is 6. The maximum Gasteiger partial charge on any atom is 0.261 e. The number of benzene rings is 3. The number of aromatic nitrogens is 1. The van der Waals surface area contributed by atoms with Gasteiger partial charge in [0, 0.05) is 16.9 Å². The molecule has 1 aromatic heterocycles. The summed E-state index contributed by atoms with van der Waals surface area (Å²) in [5.74, 6) is 0.0411. The number of anilines is 2. The van der Waals surface area contributed by atoms with E-state index in [-0.39, 0.29) is 10.8 Å². The van der Waals surface area contributed by atoms with Crippen LogP contribution in [0.4, 0.5) is 11.4 Å². The Labute approximate surface area is 186 Å². The summed E-state index contributed by atoms with van der Waals surface area (Å²) in [5.41, 5.74) is 3.45. The predicted octanol–water partition coefficient (Wildman–Crippen LogP) is 5.01. The first kappa shape index (κ1) is 21.3.